The molecule has 1 heterocycles. The fourth-order valence-electron chi connectivity index (χ4n) is 1.81. The summed E-state index contributed by atoms with van der Waals surface area (Å²) in [4.78, 5) is 22.9. The standard InChI is InChI=1S/C15H16O5/c1-3-12(15(17)18-4-2)19-11-7-5-10-6-8-14(16)20-13(10)9-11/h5-9,12H,3-4H2,1-2H3/t12-/m1/s1. The van der Waals surface area contributed by atoms with E-state index in [1.54, 1.807) is 31.2 Å². The Morgan fingerprint density at radius 2 is 2.00 bits per heavy atom. The number of benzene rings is 1. The first-order valence-electron chi connectivity index (χ1n) is 6.51. The van der Waals surface area contributed by atoms with Crippen molar-refractivity contribution < 1.29 is 18.7 Å². The van der Waals surface area contributed by atoms with Gasteiger partial charge in [-0.3, -0.25) is 0 Å². The number of fused-ring (bicyclic) bond motifs is 1. The van der Waals surface area contributed by atoms with Gasteiger partial charge in [-0.15, -0.1) is 0 Å². The number of rotatable bonds is 5. The minimum absolute atomic E-state index is 0.311. The van der Waals surface area contributed by atoms with Crippen molar-refractivity contribution in [2.75, 3.05) is 6.61 Å². The lowest BCUT2D eigenvalue weighted by Crippen LogP contribution is -2.28. The summed E-state index contributed by atoms with van der Waals surface area (Å²) in [5.74, 6) is 0.0661. The Balaban J connectivity index is 2.24. The van der Waals surface area contributed by atoms with Gasteiger partial charge < -0.3 is 13.9 Å². The van der Waals surface area contributed by atoms with Crippen molar-refractivity contribution in [3.63, 3.8) is 0 Å². The largest absolute Gasteiger partial charge is 0.479 e. The lowest BCUT2D eigenvalue weighted by Gasteiger charge is -2.16. The van der Waals surface area contributed by atoms with Crippen molar-refractivity contribution in [2.45, 2.75) is 26.4 Å². The highest BCUT2D eigenvalue weighted by Gasteiger charge is 2.19. The highest BCUT2D eigenvalue weighted by atomic mass is 16.6. The molecule has 1 atom stereocenters. The number of ether oxygens (including phenoxy) is 2. The molecule has 0 aliphatic rings. The van der Waals surface area contributed by atoms with Crippen LogP contribution in [0.2, 0.25) is 0 Å². The Kier molecular flexibility index (Phi) is 4.40. The zero-order valence-corrected chi connectivity index (χ0v) is 11.4. The van der Waals surface area contributed by atoms with Gasteiger partial charge in [-0.1, -0.05) is 6.92 Å². The van der Waals surface area contributed by atoms with Crippen molar-refractivity contribution in [3.8, 4) is 5.75 Å². The highest BCUT2D eigenvalue weighted by molar-refractivity contribution is 5.78. The molecule has 2 rings (SSSR count). The molecule has 0 unspecified atom stereocenters. The lowest BCUT2D eigenvalue weighted by atomic mass is 10.2. The molecule has 0 saturated carbocycles. The molecule has 106 valence electrons. The van der Waals surface area contributed by atoms with E-state index in [1.165, 1.54) is 6.07 Å². The third-order valence-electron chi connectivity index (χ3n) is 2.79. The number of carbonyl (C=O) groups is 1. The van der Waals surface area contributed by atoms with Crippen LogP contribution >= 0.6 is 0 Å². The maximum Gasteiger partial charge on any atom is 0.347 e. The molecular weight excluding hydrogens is 260 g/mol. The second kappa shape index (κ2) is 6.23. The first kappa shape index (κ1) is 14.1. The van der Waals surface area contributed by atoms with Crippen LogP contribution in [-0.4, -0.2) is 18.7 Å². The van der Waals surface area contributed by atoms with Gasteiger partial charge in [0.05, 0.1) is 6.61 Å². The van der Waals surface area contributed by atoms with Gasteiger partial charge in [-0.05, 0) is 31.5 Å². The summed E-state index contributed by atoms with van der Waals surface area (Å²) in [5, 5.41) is 0.793. The average molecular weight is 276 g/mol. The van der Waals surface area contributed by atoms with Crippen LogP contribution in [0.5, 0.6) is 5.75 Å². The SMILES string of the molecule is CCOC(=O)[C@@H](CC)Oc1ccc2ccc(=O)oc2c1. The van der Waals surface area contributed by atoms with Crippen molar-refractivity contribution in [1.29, 1.82) is 0 Å². The van der Waals surface area contributed by atoms with E-state index in [2.05, 4.69) is 0 Å². The molecule has 0 spiro atoms. The average Bonchev–Trinajstić information content (AvgIpc) is 2.44. The molecule has 20 heavy (non-hydrogen) atoms. The number of hydrogen-bond acceptors (Lipinski definition) is 5. The Morgan fingerprint density at radius 1 is 1.25 bits per heavy atom. The van der Waals surface area contributed by atoms with Gasteiger partial charge in [-0.2, -0.15) is 0 Å². The van der Waals surface area contributed by atoms with Gasteiger partial charge in [0.1, 0.15) is 11.3 Å². The maximum atomic E-state index is 11.7. The van der Waals surface area contributed by atoms with E-state index >= 15 is 0 Å². The predicted octanol–water partition coefficient (Wildman–Crippen LogP) is 2.51. The highest BCUT2D eigenvalue weighted by Crippen LogP contribution is 2.21. The van der Waals surface area contributed by atoms with Crippen LogP contribution < -0.4 is 10.4 Å². The van der Waals surface area contributed by atoms with Gasteiger partial charge >= 0.3 is 11.6 Å². The van der Waals surface area contributed by atoms with Gasteiger partial charge in [-0.25, -0.2) is 9.59 Å². The minimum Gasteiger partial charge on any atom is -0.479 e. The van der Waals surface area contributed by atoms with Crippen LogP contribution in [0, 0.1) is 0 Å². The molecule has 1 aromatic carbocycles. The van der Waals surface area contributed by atoms with E-state index in [0.717, 1.165) is 5.39 Å². The maximum absolute atomic E-state index is 11.7. The molecule has 0 bridgehead atoms. The second-order valence-corrected chi connectivity index (χ2v) is 4.22. The molecule has 0 saturated heterocycles. The molecule has 0 fully saturated rings. The van der Waals surface area contributed by atoms with E-state index in [4.69, 9.17) is 13.9 Å². The van der Waals surface area contributed by atoms with E-state index in [9.17, 15) is 9.59 Å². The zero-order valence-electron chi connectivity index (χ0n) is 11.4. The molecule has 0 aliphatic heterocycles. The van der Waals surface area contributed by atoms with E-state index in [1.807, 2.05) is 6.92 Å². The fourth-order valence-corrected chi connectivity index (χ4v) is 1.81. The van der Waals surface area contributed by atoms with Crippen LogP contribution in [0.4, 0.5) is 0 Å². The molecule has 0 aliphatic carbocycles. The number of carbonyl (C=O) groups excluding carboxylic acids is 1. The summed E-state index contributed by atoms with van der Waals surface area (Å²) >= 11 is 0. The summed E-state index contributed by atoms with van der Waals surface area (Å²) in [6, 6.07) is 8.12. The van der Waals surface area contributed by atoms with Gasteiger partial charge in [0.15, 0.2) is 6.10 Å². The topological polar surface area (TPSA) is 65.7 Å². The van der Waals surface area contributed by atoms with Crippen LogP contribution in [0.15, 0.2) is 39.5 Å². The van der Waals surface area contributed by atoms with Gasteiger partial charge in [0, 0.05) is 17.5 Å². The van der Waals surface area contributed by atoms with E-state index in [-0.39, 0.29) is 0 Å². The predicted molar refractivity (Wildman–Crippen MR) is 73.8 cm³/mol. The zero-order chi connectivity index (χ0) is 14.5. The number of esters is 1. The quantitative estimate of drug-likeness (QED) is 0.620. The van der Waals surface area contributed by atoms with Crippen LogP contribution in [0.1, 0.15) is 20.3 Å². The molecule has 5 heteroatoms. The van der Waals surface area contributed by atoms with E-state index < -0.39 is 17.7 Å². The normalized spacial score (nSPS) is 12.1. The van der Waals surface area contributed by atoms with Crippen LogP contribution in [-0.2, 0) is 9.53 Å². The molecule has 2 aromatic rings. The first-order valence-corrected chi connectivity index (χ1v) is 6.51. The third kappa shape index (κ3) is 3.17. The summed E-state index contributed by atoms with van der Waals surface area (Å²) < 4.78 is 15.6. The van der Waals surface area contributed by atoms with Crippen LogP contribution in [0.3, 0.4) is 0 Å². The third-order valence-corrected chi connectivity index (χ3v) is 2.79. The molecule has 0 amide bonds. The summed E-state index contributed by atoms with van der Waals surface area (Å²) in [7, 11) is 0. The number of hydrogen-bond donors (Lipinski definition) is 0. The summed E-state index contributed by atoms with van der Waals surface area (Å²) in [6.45, 7) is 3.89. The van der Waals surface area contributed by atoms with Crippen molar-refractivity contribution in [3.05, 3.63) is 40.8 Å². The summed E-state index contributed by atoms with van der Waals surface area (Å²) in [5.41, 5.74) is 0.000737. The Labute approximate surface area is 116 Å². The molecule has 0 N–H and O–H groups in total. The van der Waals surface area contributed by atoms with E-state index in [0.29, 0.717) is 24.4 Å². The molecule has 0 radical (unpaired) electrons. The Bertz CT molecular complexity index is 659. The van der Waals surface area contributed by atoms with Crippen molar-refractivity contribution in [2.24, 2.45) is 0 Å². The van der Waals surface area contributed by atoms with Crippen molar-refractivity contribution in [1.82, 2.24) is 0 Å². The molecule has 5 nitrogen and oxygen atoms in total. The minimum atomic E-state index is -0.664. The molecular formula is C15H16O5. The molecule has 1 aromatic heterocycles. The Hall–Kier alpha value is -2.30. The second-order valence-electron chi connectivity index (χ2n) is 4.22. The monoisotopic (exact) mass is 276 g/mol. The smallest absolute Gasteiger partial charge is 0.347 e. The fraction of sp³-hybridized carbons (Fsp3) is 0.333. The Morgan fingerprint density at radius 3 is 2.70 bits per heavy atom. The summed E-state index contributed by atoms with van der Waals surface area (Å²) in [6.07, 6.45) is -0.168. The van der Waals surface area contributed by atoms with Gasteiger partial charge in [0.25, 0.3) is 0 Å². The van der Waals surface area contributed by atoms with Gasteiger partial charge in [0.2, 0.25) is 0 Å². The van der Waals surface area contributed by atoms with Crippen LogP contribution in [0.25, 0.3) is 11.0 Å². The van der Waals surface area contributed by atoms with Crippen molar-refractivity contribution >= 4 is 16.9 Å². The lowest BCUT2D eigenvalue weighted by molar-refractivity contribution is -0.151. The first-order chi connectivity index (χ1) is 9.63.